The van der Waals surface area contributed by atoms with Crippen molar-refractivity contribution in [1.29, 1.82) is 0 Å². The third-order valence-corrected chi connectivity index (χ3v) is 4.44. The van der Waals surface area contributed by atoms with E-state index < -0.39 is 0 Å². The Balaban J connectivity index is 2.23. The number of thioether (sulfide) groups is 1. The third-order valence-electron chi connectivity index (χ3n) is 2.57. The first-order valence-electron chi connectivity index (χ1n) is 5.98. The molecule has 0 radical (unpaired) electrons. The Hall–Kier alpha value is -0.650. The average Bonchev–Trinajstić information content (AvgIpc) is 2.57. The molecule has 5 heteroatoms. The maximum absolute atomic E-state index is 12.3. The second-order valence-electron chi connectivity index (χ2n) is 4.74. The number of rotatable bonds is 3. The van der Waals surface area contributed by atoms with Crippen LogP contribution in [0.1, 0.15) is 19.4 Å². The molecule has 1 amide bonds. The van der Waals surface area contributed by atoms with Gasteiger partial charge in [-0.05, 0) is 29.7 Å². The first-order valence-corrected chi connectivity index (χ1v) is 8.00. The molecule has 1 aliphatic rings. The summed E-state index contributed by atoms with van der Waals surface area (Å²) in [6.45, 7) is 4.84. The minimum Gasteiger partial charge on any atom is -0.293 e. The zero-order valence-corrected chi connectivity index (χ0v) is 13.9. The summed E-state index contributed by atoms with van der Waals surface area (Å²) in [6.07, 6.45) is 1.89. The predicted octanol–water partition coefficient (Wildman–Crippen LogP) is 4.31. The fourth-order valence-electron chi connectivity index (χ4n) is 1.77. The average molecular weight is 356 g/mol. The lowest BCUT2D eigenvalue weighted by Gasteiger charge is -2.16. The van der Waals surface area contributed by atoms with E-state index in [0.717, 1.165) is 10.0 Å². The summed E-state index contributed by atoms with van der Waals surface area (Å²) in [5.41, 5.74) is 0.999. The van der Waals surface area contributed by atoms with Gasteiger partial charge < -0.3 is 0 Å². The smallest absolute Gasteiger partial charge is 0.266 e. The van der Waals surface area contributed by atoms with Crippen molar-refractivity contribution in [2.45, 2.75) is 13.8 Å². The fraction of sp³-hybridized carbons (Fsp3) is 0.286. The van der Waals surface area contributed by atoms with E-state index in [1.54, 1.807) is 4.90 Å². The lowest BCUT2D eigenvalue weighted by molar-refractivity contribution is -0.122. The van der Waals surface area contributed by atoms with Crippen LogP contribution < -0.4 is 0 Å². The van der Waals surface area contributed by atoms with Crippen LogP contribution in [-0.4, -0.2) is 21.7 Å². The lowest BCUT2D eigenvalue weighted by atomic mass is 10.2. The minimum atomic E-state index is 0.0173. The monoisotopic (exact) mass is 355 g/mol. The lowest BCUT2D eigenvalue weighted by Crippen LogP contribution is -2.31. The first kappa shape index (κ1) is 14.8. The topological polar surface area (TPSA) is 20.3 Å². The summed E-state index contributed by atoms with van der Waals surface area (Å²) in [5.74, 6) is 0.427. The molecule has 1 heterocycles. The molecule has 19 heavy (non-hydrogen) atoms. The number of benzene rings is 1. The number of hydrogen-bond donors (Lipinski definition) is 0. The normalized spacial score (nSPS) is 17.9. The second-order valence-corrected chi connectivity index (χ2v) is 7.33. The number of thiocarbonyl (C=S) groups is 1. The second kappa shape index (κ2) is 6.20. The van der Waals surface area contributed by atoms with Crippen molar-refractivity contribution in [2.24, 2.45) is 5.92 Å². The van der Waals surface area contributed by atoms with Crippen molar-refractivity contribution >= 4 is 56.2 Å². The van der Waals surface area contributed by atoms with Gasteiger partial charge in [-0.2, -0.15) is 0 Å². The Kier molecular flexibility index (Phi) is 4.81. The summed E-state index contributed by atoms with van der Waals surface area (Å²) in [6, 6.07) is 7.86. The highest BCUT2D eigenvalue weighted by molar-refractivity contribution is 9.10. The molecule has 1 aromatic carbocycles. The Morgan fingerprint density at radius 2 is 2.21 bits per heavy atom. The summed E-state index contributed by atoms with van der Waals surface area (Å²) in [4.78, 5) is 14.7. The number of hydrogen-bond acceptors (Lipinski definition) is 3. The molecule has 0 bridgehead atoms. The molecule has 1 aliphatic heterocycles. The van der Waals surface area contributed by atoms with E-state index in [9.17, 15) is 4.79 Å². The van der Waals surface area contributed by atoms with Crippen LogP contribution in [-0.2, 0) is 4.79 Å². The zero-order chi connectivity index (χ0) is 14.0. The molecule has 100 valence electrons. The number of carbonyl (C=O) groups is 1. The standard InChI is InChI=1S/C14H14BrNOS2/c1-9(2)8-16-13(17)12(19-14(16)18)7-10-4-3-5-11(15)6-10/h3-7,9H,8H2,1-2H3/b12-7+. The molecule has 1 aromatic rings. The van der Waals surface area contributed by atoms with Gasteiger partial charge in [0.05, 0.1) is 4.91 Å². The molecule has 0 aromatic heterocycles. The van der Waals surface area contributed by atoms with Crippen LogP contribution in [0.2, 0.25) is 0 Å². The molecule has 1 fully saturated rings. The maximum Gasteiger partial charge on any atom is 0.266 e. The Morgan fingerprint density at radius 3 is 2.84 bits per heavy atom. The van der Waals surface area contributed by atoms with E-state index in [1.165, 1.54) is 11.8 Å². The quantitative estimate of drug-likeness (QED) is 0.595. The molecule has 2 nitrogen and oxygen atoms in total. The van der Waals surface area contributed by atoms with Crippen molar-refractivity contribution in [3.63, 3.8) is 0 Å². The highest BCUT2D eigenvalue weighted by Crippen LogP contribution is 2.33. The molecular weight excluding hydrogens is 342 g/mol. The summed E-state index contributed by atoms with van der Waals surface area (Å²) >= 11 is 10.1. The Bertz CT molecular complexity index is 554. The van der Waals surface area contributed by atoms with E-state index in [2.05, 4.69) is 29.8 Å². The number of nitrogens with zero attached hydrogens (tertiary/aromatic N) is 1. The molecule has 0 N–H and O–H groups in total. The number of carbonyl (C=O) groups excluding carboxylic acids is 1. The van der Waals surface area contributed by atoms with Gasteiger partial charge in [-0.25, -0.2) is 0 Å². The SMILES string of the molecule is CC(C)CN1C(=O)/C(=C\c2cccc(Br)c2)SC1=S. The van der Waals surface area contributed by atoms with E-state index in [-0.39, 0.29) is 5.91 Å². The van der Waals surface area contributed by atoms with Gasteiger partial charge >= 0.3 is 0 Å². The molecule has 0 spiro atoms. The zero-order valence-electron chi connectivity index (χ0n) is 10.7. The van der Waals surface area contributed by atoms with E-state index >= 15 is 0 Å². The summed E-state index contributed by atoms with van der Waals surface area (Å²) in [5, 5.41) is 0. The van der Waals surface area contributed by atoms with Crippen LogP contribution in [0.3, 0.4) is 0 Å². The highest BCUT2D eigenvalue weighted by atomic mass is 79.9. The van der Waals surface area contributed by atoms with Crippen molar-refractivity contribution < 1.29 is 4.79 Å². The first-order chi connectivity index (χ1) is 8.97. The molecule has 0 atom stereocenters. The summed E-state index contributed by atoms with van der Waals surface area (Å²) < 4.78 is 1.65. The molecule has 0 unspecified atom stereocenters. The van der Waals surface area contributed by atoms with Crippen LogP contribution >= 0.6 is 39.9 Å². The highest BCUT2D eigenvalue weighted by Gasteiger charge is 2.32. The van der Waals surface area contributed by atoms with Gasteiger partial charge in [-0.1, -0.05) is 65.9 Å². The van der Waals surface area contributed by atoms with Crippen LogP contribution in [0, 0.1) is 5.92 Å². The van der Waals surface area contributed by atoms with E-state index in [0.29, 0.717) is 21.7 Å². The number of amides is 1. The van der Waals surface area contributed by atoms with Gasteiger partial charge in [-0.3, -0.25) is 9.69 Å². The van der Waals surface area contributed by atoms with Crippen LogP contribution in [0.15, 0.2) is 33.6 Å². The molecule has 2 rings (SSSR count). The van der Waals surface area contributed by atoms with Gasteiger partial charge in [0.1, 0.15) is 4.32 Å². The van der Waals surface area contributed by atoms with Gasteiger partial charge in [0, 0.05) is 11.0 Å². The van der Waals surface area contributed by atoms with Crippen LogP contribution in [0.5, 0.6) is 0 Å². The van der Waals surface area contributed by atoms with E-state index in [4.69, 9.17) is 12.2 Å². The molecule has 0 aliphatic carbocycles. The van der Waals surface area contributed by atoms with Crippen LogP contribution in [0.25, 0.3) is 6.08 Å². The Morgan fingerprint density at radius 1 is 1.47 bits per heavy atom. The number of halogens is 1. The van der Waals surface area contributed by atoms with Gasteiger partial charge in [0.15, 0.2) is 0 Å². The van der Waals surface area contributed by atoms with Crippen LogP contribution in [0.4, 0.5) is 0 Å². The van der Waals surface area contributed by atoms with Crippen molar-refractivity contribution in [3.05, 3.63) is 39.2 Å². The maximum atomic E-state index is 12.3. The van der Waals surface area contributed by atoms with Crippen molar-refractivity contribution in [3.8, 4) is 0 Å². The van der Waals surface area contributed by atoms with E-state index in [1.807, 2.05) is 30.3 Å². The van der Waals surface area contributed by atoms with Gasteiger partial charge in [0.25, 0.3) is 5.91 Å². The van der Waals surface area contributed by atoms with Gasteiger partial charge in [0.2, 0.25) is 0 Å². The Labute approximate surface area is 131 Å². The van der Waals surface area contributed by atoms with Crippen molar-refractivity contribution in [1.82, 2.24) is 4.90 Å². The third kappa shape index (κ3) is 3.68. The van der Waals surface area contributed by atoms with Crippen molar-refractivity contribution in [2.75, 3.05) is 6.54 Å². The summed E-state index contributed by atoms with van der Waals surface area (Å²) in [7, 11) is 0. The molecule has 1 saturated heterocycles. The molecular formula is C14H14BrNOS2. The largest absolute Gasteiger partial charge is 0.293 e. The molecule has 0 saturated carbocycles. The van der Waals surface area contributed by atoms with Gasteiger partial charge in [-0.15, -0.1) is 0 Å². The minimum absolute atomic E-state index is 0.0173. The fourth-order valence-corrected chi connectivity index (χ4v) is 3.46. The predicted molar refractivity (Wildman–Crippen MR) is 88.9 cm³/mol.